The average Bonchev–Trinajstić information content (AvgIpc) is 3.17. The number of ether oxygens (including phenoxy) is 2. The van der Waals surface area contributed by atoms with Crippen LogP contribution in [-0.4, -0.2) is 50.0 Å². The van der Waals surface area contributed by atoms with Crippen LogP contribution in [-0.2, 0) is 20.9 Å². The standard InChI is InChI=1S/C18H20N2O6/c1-20(11-15-7-4-8-25-15)16(21)12-26-17(22)10-19-18(23)13-5-3-6-14(9-13)24-2/h3-9H,10-12H2,1-2H3,(H,19,23). The van der Waals surface area contributed by atoms with Crippen molar-refractivity contribution in [3.63, 3.8) is 0 Å². The third-order valence-electron chi connectivity index (χ3n) is 3.48. The number of likely N-dealkylation sites (N-methyl/N-ethyl adjacent to an activating group) is 1. The first-order valence-electron chi connectivity index (χ1n) is 7.84. The van der Waals surface area contributed by atoms with Crippen molar-refractivity contribution in [3.05, 3.63) is 54.0 Å². The Morgan fingerprint density at radius 1 is 1.19 bits per heavy atom. The summed E-state index contributed by atoms with van der Waals surface area (Å²) in [4.78, 5) is 37.0. The van der Waals surface area contributed by atoms with Gasteiger partial charge in [0.2, 0.25) is 0 Å². The van der Waals surface area contributed by atoms with Crippen LogP contribution in [0.5, 0.6) is 5.75 Å². The zero-order chi connectivity index (χ0) is 18.9. The SMILES string of the molecule is COc1cccc(C(=O)NCC(=O)OCC(=O)N(C)Cc2ccco2)c1. The molecular formula is C18H20N2O6. The molecule has 1 N–H and O–H groups in total. The van der Waals surface area contributed by atoms with E-state index in [1.807, 2.05) is 0 Å². The van der Waals surface area contributed by atoms with E-state index in [0.29, 0.717) is 17.1 Å². The van der Waals surface area contributed by atoms with Crippen LogP contribution in [0.25, 0.3) is 0 Å². The molecule has 0 saturated heterocycles. The second-order valence-corrected chi connectivity index (χ2v) is 5.40. The van der Waals surface area contributed by atoms with Crippen molar-refractivity contribution < 1.29 is 28.3 Å². The molecule has 0 aliphatic carbocycles. The lowest BCUT2D eigenvalue weighted by Gasteiger charge is -2.15. The van der Waals surface area contributed by atoms with Gasteiger partial charge in [0.1, 0.15) is 18.1 Å². The number of rotatable bonds is 8. The number of carbonyl (C=O) groups is 3. The summed E-state index contributed by atoms with van der Waals surface area (Å²) in [7, 11) is 3.07. The summed E-state index contributed by atoms with van der Waals surface area (Å²) in [5.41, 5.74) is 0.353. The van der Waals surface area contributed by atoms with Crippen molar-refractivity contribution in [2.45, 2.75) is 6.54 Å². The first-order chi connectivity index (χ1) is 12.5. The Morgan fingerprint density at radius 2 is 2.00 bits per heavy atom. The van der Waals surface area contributed by atoms with Crippen LogP contribution in [0.1, 0.15) is 16.1 Å². The van der Waals surface area contributed by atoms with E-state index in [-0.39, 0.29) is 19.0 Å². The van der Waals surface area contributed by atoms with Gasteiger partial charge in [0, 0.05) is 12.6 Å². The molecule has 0 spiro atoms. The molecule has 0 saturated carbocycles. The van der Waals surface area contributed by atoms with Crippen LogP contribution in [0.15, 0.2) is 47.1 Å². The smallest absolute Gasteiger partial charge is 0.325 e. The first-order valence-corrected chi connectivity index (χ1v) is 7.84. The Balaban J connectivity index is 1.72. The van der Waals surface area contributed by atoms with Gasteiger partial charge >= 0.3 is 5.97 Å². The highest BCUT2D eigenvalue weighted by Gasteiger charge is 2.14. The molecule has 8 nitrogen and oxygen atoms in total. The fourth-order valence-corrected chi connectivity index (χ4v) is 2.05. The predicted octanol–water partition coefficient (Wildman–Crippen LogP) is 1.22. The lowest BCUT2D eigenvalue weighted by Crippen LogP contribution is -2.34. The van der Waals surface area contributed by atoms with Crippen LogP contribution in [0.3, 0.4) is 0 Å². The molecule has 1 aromatic heterocycles. The maximum atomic E-state index is 12.0. The van der Waals surface area contributed by atoms with E-state index in [1.54, 1.807) is 43.4 Å². The molecule has 26 heavy (non-hydrogen) atoms. The second kappa shape index (κ2) is 9.26. The van der Waals surface area contributed by atoms with Gasteiger partial charge in [-0.25, -0.2) is 0 Å². The van der Waals surface area contributed by atoms with Gasteiger partial charge in [-0.1, -0.05) is 6.07 Å². The Labute approximate surface area is 150 Å². The summed E-state index contributed by atoms with van der Waals surface area (Å²) in [6.07, 6.45) is 1.51. The largest absolute Gasteiger partial charge is 0.497 e. The number of hydrogen-bond donors (Lipinski definition) is 1. The van der Waals surface area contributed by atoms with E-state index in [2.05, 4.69) is 5.32 Å². The van der Waals surface area contributed by atoms with Gasteiger partial charge in [-0.15, -0.1) is 0 Å². The summed E-state index contributed by atoms with van der Waals surface area (Å²) in [5, 5.41) is 2.43. The summed E-state index contributed by atoms with van der Waals surface area (Å²) in [6.45, 7) is -0.480. The van der Waals surface area contributed by atoms with Crippen LogP contribution in [0.2, 0.25) is 0 Å². The summed E-state index contributed by atoms with van der Waals surface area (Å²) < 4.78 is 15.1. The van der Waals surface area contributed by atoms with Crippen LogP contribution in [0, 0.1) is 0 Å². The molecule has 2 amide bonds. The first kappa shape index (κ1) is 19.0. The van der Waals surface area contributed by atoms with Crippen LogP contribution < -0.4 is 10.1 Å². The molecule has 0 aliphatic heterocycles. The maximum Gasteiger partial charge on any atom is 0.325 e. The Kier molecular flexibility index (Phi) is 6.78. The number of nitrogens with zero attached hydrogens (tertiary/aromatic N) is 1. The van der Waals surface area contributed by atoms with Crippen molar-refractivity contribution in [1.29, 1.82) is 0 Å². The lowest BCUT2D eigenvalue weighted by molar-refractivity contribution is -0.150. The molecule has 138 valence electrons. The zero-order valence-corrected chi connectivity index (χ0v) is 14.6. The van der Waals surface area contributed by atoms with E-state index in [4.69, 9.17) is 13.9 Å². The Morgan fingerprint density at radius 3 is 2.69 bits per heavy atom. The quantitative estimate of drug-likeness (QED) is 0.711. The van der Waals surface area contributed by atoms with Gasteiger partial charge < -0.3 is 24.1 Å². The highest BCUT2D eigenvalue weighted by Crippen LogP contribution is 2.12. The van der Waals surface area contributed by atoms with Crippen LogP contribution >= 0.6 is 0 Å². The fraction of sp³-hybridized carbons (Fsp3) is 0.278. The Hall–Kier alpha value is -3.29. The molecule has 1 aromatic carbocycles. The summed E-state index contributed by atoms with van der Waals surface area (Å²) in [6, 6.07) is 9.97. The van der Waals surface area contributed by atoms with Crippen molar-refractivity contribution in [2.24, 2.45) is 0 Å². The number of hydrogen-bond acceptors (Lipinski definition) is 6. The topological polar surface area (TPSA) is 98.1 Å². The molecule has 0 bridgehead atoms. The zero-order valence-electron chi connectivity index (χ0n) is 14.6. The van der Waals surface area contributed by atoms with E-state index >= 15 is 0 Å². The maximum absolute atomic E-state index is 12.0. The lowest BCUT2D eigenvalue weighted by atomic mass is 10.2. The normalized spacial score (nSPS) is 10.1. The molecule has 0 unspecified atom stereocenters. The third kappa shape index (κ3) is 5.66. The molecule has 2 aromatic rings. The van der Waals surface area contributed by atoms with Gasteiger partial charge in [0.15, 0.2) is 6.61 Å². The minimum absolute atomic E-state index is 0.274. The van der Waals surface area contributed by atoms with Crippen molar-refractivity contribution in [2.75, 3.05) is 27.3 Å². The molecule has 0 aliphatic rings. The fourth-order valence-electron chi connectivity index (χ4n) is 2.05. The molecule has 0 atom stereocenters. The highest BCUT2D eigenvalue weighted by atomic mass is 16.5. The van der Waals surface area contributed by atoms with Crippen molar-refractivity contribution in [1.82, 2.24) is 10.2 Å². The van der Waals surface area contributed by atoms with E-state index < -0.39 is 18.5 Å². The van der Waals surface area contributed by atoms with Crippen LogP contribution in [0.4, 0.5) is 0 Å². The number of furan rings is 1. The van der Waals surface area contributed by atoms with E-state index in [0.717, 1.165) is 0 Å². The number of benzene rings is 1. The van der Waals surface area contributed by atoms with Crippen molar-refractivity contribution >= 4 is 17.8 Å². The number of amides is 2. The van der Waals surface area contributed by atoms with Gasteiger partial charge in [-0.3, -0.25) is 14.4 Å². The van der Waals surface area contributed by atoms with Crippen molar-refractivity contribution in [3.8, 4) is 5.75 Å². The van der Waals surface area contributed by atoms with Gasteiger partial charge in [0.05, 0.1) is 19.9 Å². The van der Waals surface area contributed by atoms with E-state index in [9.17, 15) is 14.4 Å². The number of methoxy groups -OCH3 is 1. The predicted molar refractivity (Wildman–Crippen MR) is 91.5 cm³/mol. The minimum Gasteiger partial charge on any atom is -0.497 e. The average molecular weight is 360 g/mol. The minimum atomic E-state index is -0.707. The number of carbonyl (C=O) groups excluding carboxylic acids is 3. The molecular weight excluding hydrogens is 340 g/mol. The number of nitrogens with one attached hydrogen (secondary N) is 1. The summed E-state index contributed by atoms with van der Waals surface area (Å²) >= 11 is 0. The highest BCUT2D eigenvalue weighted by molar-refractivity contribution is 5.96. The van der Waals surface area contributed by atoms with Gasteiger partial charge in [-0.05, 0) is 30.3 Å². The Bertz CT molecular complexity index is 757. The summed E-state index contributed by atoms with van der Waals surface area (Å²) in [5.74, 6) is -0.375. The molecule has 1 heterocycles. The monoisotopic (exact) mass is 360 g/mol. The molecule has 2 rings (SSSR count). The molecule has 0 fully saturated rings. The molecule has 0 radical (unpaired) electrons. The number of esters is 1. The van der Waals surface area contributed by atoms with Gasteiger partial charge in [0.25, 0.3) is 11.8 Å². The van der Waals surface area contributed by atoms with E-state index in [1.165, 1.54) is 18.3 Å². The molecule has 8 heteroatoms. The van der Waals surface area contributed by atoms with Gasteiger partial charge in [-0.2, -0.15) is 0 Å². The second-order valence-electron chi connectivity index (χ2n) is 5.40. The third-order valence-corrected chi connectivity index (χ3v) is 3.48.